The minimum absolute atomic E-state index is 0.0150. The van der Waals surface area contributed by atoms with Crippen LogP contribution in [0.15, 0.2) is 53.5 Å². The number of carbonyl (C=O) groups excluding carboxylic acids is 1. The van der Waals surface area contributed by atoms with Crippen molar-refractivity contribution in [3.63, 3.8) is 0 Å². The topological polar surface area (TPSA) is 62.9 Å². The molecular weight excluding hydrogens is 342 g/mol. The molecule has 27 heavy (non-hydrogen) atoms. The summed E-state index contributed by atoms with van der Waals surface area (Å²) in [5, 5.41) is 4.40. The van der Waals surface area contributed by atoms with Gasteiger partial charge < -0.3 is 9.80 Å². The number of rotatable bonds is 4. The van der Waals surface area contributed by atoms with Gasteiger partial charge in [-0.25, -0.2) is 4.68 Å². The molecule has 1 saturated heterocycles. The van der Waals surface area contributed by atoms with Crippen LogP contribution in [-0.4, -0.2) is 51.2 Å². The van der Waals surface area contributed by atoms with Gasteiger partial charge in [0.2, 0.25) is 5.91 Å². The SMILES string of the molecule is CCc1nn(CC(=O)N2CCN(c3ccccc3)CC2)c(=O)c2cccn12. The monoisotopic (exact) mass is 365 g/mol. The molecule has 0 spiro atoms. The second-order valence-corrected chi connectivity index (χ2v) is 6.70. The molecule has 1 aromatic carbocycles. The fourth-order valence-corrected chi connectivity index (χ4v) is 3.57. The highest BCUT2D eigenvalue weighted by atomic mass is 16.2. The summed E-state index contributed by atoms with van der Waals surface area (Å²) in [6.07, 6.45) is 2.52. The number of benzene rings is 1. The van der Waals surface area contributed by atoms with Crippen molar-refractivity contribution in [1.29, 1.82) is 0 Å². The fraction of sp³-hybridized carbons (Fsp3) is 0.350. The average molecular weight is 365 g/mol. The molecule has 1 aliphatic heterocycles. The Morgan fingerprint density at radius 1 is 1.04 bits per heavy atom. The van der Waals surface area contributed by atoms with Gasteiger partial charge in [-0.1, -0.05) is 25.1 Å². The number of aryl methyl sites for hydroxylation is 1. The van der Waals surface area contributed by atoms with E-state index >= 15 is 0 Å². The number of hydrogen-bond acceptors (Lipinski definition) is 4. The van der Waals surface area contributed by atoms with Crippen molar-refractivity contribution in [1.82, 2.24) is 19.1 Å². The molecule has 1 fully saturated rings. The van der Waals surface area contributed by atoms with Crippen LogP contribution < -0.4 is 10.5 Å². The first-order valence-electron chi connectivity index (χ1n) is 9.32. The van der Waals surface area contributed by atoms with Crippen LogP contribution in [0.5, 0.6) is 0 Å². The van der Waals surface area contributed by atoms with Crippen LogP contribution >= 0.6 is 0 Å². The molecular formula is C20H23N5O2. The zero-order chi connectivity index (χ0) is 18.8. The highest BCUT2D eigenvalue weighted by Gasteiger charge is 2.22. The third kappa shape index (κ3) is 3.32. The van der Waals surface area contributed by atoms with E-state index in [1.807, 2.05) is 42.3 Å². The number of nitrogens with zero attached hydrogens (tertiary/aromatic N) is 5. The first-order chi connectivity index (χ1) is 13.2. The van der Waals surface area contributed by atoms with E-state index in [0.29, 0.717) is 25.0 Å². The number of anilines is 1. The summed E-state index contributed by atoms with van der Waals surface area (Å²) in [5.41, 5.74) is 1.51. The number of aromatic nitrogens is 3. The molecule has 3 aromatic rings. The van der Waals surface area contributed by atoms with Crippen molar-refractivity contribution in [2.24, 2.45) is 0 Å². The Labute approximate surface area is 157 Å². The van der Waals surface area contributed by atoms with E-state index in [9.17, 15) is 9.59 Å². The van der Waals surface area contributed by atoms with E-state index in [1.54, 1.807) is 10.5 Å². The third-order valence-electron chi connectivity index (χ3n) is 5.07. The number of hydrogen-bond donors (Lipinski definition) is 0. The summed E-state index contributed by atoms with van der Waals surface area (Å²) in [6.45, 7) is 4.85. The summed E-state index contributed by atoms with van der Waals surface area (Å²) in [5.74, 6) is 0.714. The Morgan fingerprint density at radius 2 is 1.78 bits per heavy atom. The summed E-state index contributed by atoms with van der Waals surface area (Å²) < 4.78 is 3.10. The van der Waals surface area contributed by atoms with Gasteiger partial charge >= 0.3 is 0 Å². The molecule has 4 rings (SSSR count). The fourth-order valence-electron chi connectivity index (χ4n) is 3.57. The first kappa shape index (κ1) is 17.3. The third-order valence-corrected chi connectivity index (χ3v) is 5.07. The molecule has 0 radical (unpaired) electrons. The lowest BCUT2D eigenvalue weighted by Gasteiger charge is -2.36. The maximum Gasteiger partial charge on any atom is 0.291 e. The second kappa shape index (κ2) is 7.26. The zero-order valence-electron chi connectivity index (χ0n) is 15.4. The van der Waals surface area contributed by atoms with Crippen LogP contribution in [0.1, 0.15) is 12.7 Å². The average Bonchev–Trinajstić information content (AvgIpc) is 3.21. The molecule has 1 aliphatic rings. The van der Waals surface area contributed by atoms with Crippen LogP contribution in [0.2, 0.25) is 0 Å². The number of fused-ring (bicyclic) bond motifs is 1. The predicted molar refractivity (Wildman–Crippen MR) is 104 cm³/mol. The largest absolute Gasteiger partial charge is 0.368 e. The van der Waals surface area contributed by atoms with E-state index in [4.69, 9.17) is 0 Å². The number of carbonyl (C=O) groups is 1. The molecule has 2 aromatic heterocycles. The van der Waals surface area contributed by atoms with Gasteiger partial charge in [-0.05, 0) is 24.3 Å². The summed E-state index contributed by atoms with van der Waals surface area (Å²) in [6, 6.07) is 13.8. The normalized spacial score (nSPS) is 14.7. The van der Waals surface area contributed by atoms with Gasteiger partial charge in [-0.2, -0.15) is 5.10 Å². The van der Waals surface area contributed by atoms with Crippen LogP contribution in [0, 0.1) is 0 Å². The number of para-hydroxylation sites is 1. The Morgan fingerprint density at radius 3 is 2.48 bits per heavy atom. The van der Waals surface area contributed by atoms with Crippen molar-refractivity contribution in [2.45, 2.75) is 19.9 Å². The molecule has 0 bridgehead atoms. The minimum Gasteiger partial charge on any atom is -0.368 e. The standard InChI is InChI=1S/C20H23N5O2/c1-2-18-21-25(20(27)17-9-6-10-24(17)18)15-19(26)23-13-11-22(12-14-23)16-7-4-3-5-8-16/h3-10H,2,11-15H2,1H3. The van der Waals surface area contributed by atoms with Crippen molar-refractivity contribution in [2.75, 3.05) is 31.1 Å². The molecule has 7 nitrogen and oxygen atoms in total. The van der Waals surface area contributed by atoms with Gasteiger partial charge in [0, 0.05) is 44.5 Å². The smallest absolute Gasteiger partial charge is 0.291 e. The molecule has 0 aliphatic carbocycles. The van der Waals surface area contributed by atoms with Crippen molar-refractivity contribution in [3.05, 3.63) is 64.8 Å². The highest BCUT2D eigenvalue weighted by Crippen LogP contribution is 2.15. The lowest BCUT2D eigenvalue weighted by Crippen LogP contribution is -2.50. The lowest BCUT2D eigenvalue weighted by atomic mass is 10.2. The van der Waals surface area contributed by atoms with Gasteiger partial charge in [-0.3, -0.25) is 14.0 Å². The highest BCUT2D eigenvalue weighted by molar-refractivity contribution is 5.76. The number of amides is 1. The quantitative estimate of drug-likeness (QED) is 0.701. The summed E-state index contributed by atoms with van der Waals surface area (Å²) >= 11 is 0. The van der Waals surface area contributed by atoms with Crippen LogP contribution in [-0.2, 0) is 17.8 Å². The van der Waals surface area contributed by atoms with Gasteiger partial charge in [0.15, 0.2) is 0 Å². The molecule has 7 heteroatoms. The van der Waals surface area contributed by atoms with E-state index in [-0.39, 0.29) is 18.0 Å². The Bertz CT molecular complexity index is 1000. The minimum atomic E-state index is -0.228. The van der Waals surface area contributed by atoms with Crippen molar-refractivity contribution >= 4 is 17.1 Å². The molecule has 0 N–H and O–H groups in total. The molecule has 0 atom stereocenters. The Balaban J connectivity index is 1.47. The van der Waals surface area contributed by atoms with Gasteiger partial charge in [0.25, 0.3) is 5.56 Å². The van der Waals surface area contributed by atoms with E-state index in [0.717, 1.165) is 18.9 Å². The Kier molecular flexibility index (Phi) is 4.66. The van der Waals surface area contributed by atoms with E-state index < -0.39 is 0 Å². The summed E-state index contributed by atoms with van der Waals surface area (Å²) in [7, 11) is 0. The van der Waals surface area contributed by atoms with Gasteiger partial charge in [0.1, 0.15) is 17.9 Å². The van der Waals surface area contributed by atoms with E-state index in [1.165, 1.54) is 10.4 Å². The van der Waals surface area contributed by atoms with Crippen molar-refractivity contribution < 1.29 is 4.79 Å². The van der Waals surface area contributed by atoms with E-state index in [2.05, 4.69) is 22.1 Å². The molecule has 1 amide bonds. The maximum atomic E-state index is 12.7. The molecule has 0 unspecified atom stereocenters. The second-order valence-electron chi connectivity index (χ2n) is 6.70. The molecule has 0 saturated carbocycles. The zero-order valence-corrected chi connectivity index (χ0v) is 15.4. The van der Waals surface area contributed by atoms with Gasteiger partial charge in [-0.15, -0.1) is 0 Å². The lowest BCUT2D eigenvalue weighted by molar-refractivity contribution is -0.132. The predicted octanol–water partition coefficient (Wildman–Crippen LogP) is 1.41. The van der Waals surface area contributed by atoms with Crippen LogP contribution in [0.25, 0.3) is 5.52 Å². The first-order valence-corrected chi connectivity index (χ1v) is 9.32. The molecule has 3 heterocycles. The van der Waals surface area contributed by atoms with Gasteiger partial charge in [0.05, 0.1) is 0 Å². The van der Waals surface area contributed by atoms with Crippen LogP contribution in [0.4, 0.5) is 5.69 Å². The molecule has 140 valence electrons. The maximum absolute atomic E-state index is 12.7. The van der Waals surface area contributed by atoms with Crippen molar-refractivity contribution in [3.8, 4) is 0 Å². The number of piperazine rings is 1. The Hall–Kier alpha value is -3.09. The summed E-state index contributed by atoms with van der Waals surface area (Å²) in [4.78, 5) is 29.4. The van der Waals surface area contributed by atoms with Crippen LogP contribution in [0.3, 0.4) is 0 Å².